The largest absolute Gasteiger partial charge is 0.490 e. The molecule has 1 fully saturated rings. The highest BCUT2D eigenvalue weighted by Crippen LogP contribution is 2.33. The number of fused-ring (bicyclic) bond motifs is 2. The van der Waals surface area contributed by atoms with E-state index in [2.05, 4.69) is 49.7 Å². The molecule has 1 saturated heterocycles. The van der Waals surface area contributed by atoms with Gasteiger partial charge in [-0.05, 0) is 79.5 Å². The second kappa shape index (κ2) is 9.39. The number of hydrogen-bond acceptors (Lipinski definition) is 5. The number of H-pyrrole nitrogens is 2. The van der Waals surface area contributed by atoms with Gasteiger partial charge in [-0.1, -0.05) is 30.3 Å². The molecule has 0 amide bonds. The molecule has 7 rings (SSSR count). The molecule has 188 valence electrons. The molecule has 6 aromatic rings. The van der Waals surface area contributed by atoms with Crippen molar-refractivity contribution in [2.24, 2.45) is 0 Å². The normalized spacial score (nSPS) is 14.3. The van der Waals surface area contributed by atoms with Crippen molar-refractivity contribution < 1.29 is 9.13 Å². The minimum atomic E-state index is -0.312. The van der Waals surface area contributed by atoms with Gasteiger partial charge in [0.15, 0.2) is 5.82 Å². The van der Waals surface area contributed by atoms with Crippen LogP contribution >= 0.6 is 0 Å². The van der Waals surface area contributed by atoms with Crippen molar-refractivity contribution in [2.75, 3.05) is 13.1 Å². The van der Waals surface area contributed by atoms with E-state index in [4.69, 9.17) is 9.72 Å². The molecule has 3 aromatic heterocycles. The molecule has 3 aromatic carbocycles. The third-order valence-electron chi connectivity index (χ3n) is 7.04. The summed E-state index contributed by atoms with van der Waals surface area (Å²) < 4.78 is 20.2. The lowest BCUT2D eigenvalue weighted by Gasteiger charge is -2.24. The Morgan fingerprint density at radius 1 is 0.816 bits per heavy atom. The van der Waals surface area contributed by atoms with Crippen molar-refractivity contribution in [2.45, 2.75) is 18.9 Å². The summed E-state index contributed by atoms with van der Waals surface area (Å²) in [5, 5.41) is 12.0. The first-order valence-corrected chi connectivity index (χ1v) is 12.8. The summed E-state index contributed by atoms with van der Waals surface area (Å²) in [6, 6.07) is 22.7. The van der Waals surface area contributed by atoms with Crippen LogP contribution in [0.25, 0.3) is 55.8 Å². The zero-order valence-corrected chi connectivity index (χ0v) is 20.5. The summed E-state index contributed by atoms with van der Waals surface area (Å²) in [7, 11) is 0. The minimum Gasteiger partial charge on any atom is -0.490 e. The number of hydrogen-bond donors (Lipinski definition) is 3. The third-order valence-corrected chi connectivity index (χ3v) is 7.04. The topological polar surface area (TPSA) is 91.5 Å². The highest BCUT2D eigenvalue weighted by molar-refractivity contribution is 5.97. The fourth-order valence-electron chi connectivity index (χ4n) is 5.12. The summed E-state index contributed by atoms with van der Waals surface area (Å²) in [6.07, 6.45) is 3.98. The minimum absolute atomic E-state index is 0.245. The number of rotatable bonds is 5. The number of piperidine rings is 1. The quantitative estimate of drug-likeness (QED) is 0.264. The summed E-state index contributed by atoms with van der Waals surface area (Å²) in [4.78, 5) is 12.7. The summed E-state index contributed by atoms with van der Waals surface area (Å²) in [6.45, 7) is 1.98. The summed E-state index contributed by atoms with van der Waals surface area (Å²) in [5.41, 5.74) is 6.54. The SMILES string of the molecule is Fc1cccc(-c2nccc3[nH]c(-c4n[nH]c5ccc(-c6cccc(OC7CCNCC7)c6)cc45)nc23)c1. The lowest BCUT2D eigenvalue weighted by atomic mass is 10.0. The first kappa shape index (κ1) is 22.6. The van der Waals surface area contributed by atoms with Crippen molar-refractivity contribution in [3.63, 3.8) is 0 Å². The number of nitrogens with one attached hydrogen (secondary N) is 3. The van der Waals surface area contributed by atoms with Gasteiger partial charge in [0.25, 0.3) is 0 Å². The van der Waals surface area contributed by atoms with E-state index in [1.165, 1.54) is 12.1 Å². The van der Waals surface area contributed by atoms with Gasteiger partial charge in [0.05, 0.1) is 16.7 Å². The van der Waals surface area contributed by atoms with Crippen LogP contribution in [0.4, 0.5) is 4.39 Å². The molecule has 0 atom stereocenters. The molecule has 0 unspecified atom stereocenters. The van der Waals surface area contributed by atoms with E-state index in [0.717, 1.165) is 59.2 Å². The van der Waals surface area contributed by atoms with E-state index in [0.29, 0.717) is 28.3 Å². The van der Waals surface area contributed by atoms with E-state index < -0.39 is 0 Å². The summed E-state index contributed by atoms with van der Waals surface area (Å²) >= 11 is 0. The fraction of sp³-hybridized carbons (Fsp3) is 0.167. The molecule has 38 heavy (non-hydrogen) atoms. The van der Waals surface area contributed by atoms with E-state index in [9.17, 15) is 4.39 Å². The molecule has 0 aliphatic carbocycles. The van der Waals surface area contributed by atoms with Crippen LogP contribution in [0.1, 0.15) is 12.8 Å². The Hall–Kier alpha value is -4.56. The van der Waals surface area contributed by atoms with Crippen molar-refractivity contribution in [3.05, 3.63) is 84.8 Å². The van der Waals surface area contributed by atoms with Gasteiger partial charge in [0, 0.05) is 17.1 Å². The highest BCUT2D eigenvalue weighted by Gasteiger charge is 2.18. The molecule has 0 radical (unpaired) electrons. The maximum Gasteiger partial charge on any atom is 0.159 e. The van der Waals surface area contributed by atoms with Crippen LogP contribution in [0.3, 0.4) is 0 Å². The predicted molar refractivity (Wildman–Crippen MR) is 146 cm³/mol. The smallest absolute Gasteiger partial charge is 0.159 e. The zero-order valence-electron chi connectivity index (χ0n) is 20.5. The van der Waals surface area contributed by atoms with Gasteiger partial charge in [-0.3, -0.25) is 10.1 Å². The van der Waals surface area contributed by atoms with Crippen LogP contribution in [0.5, 0.6) is 5.75 Å². The number of ether oxygens (including phenoxy) is 1. The monoisotopic (exact) mass is 504 g/mol. The average molecular weight is 505 g/mol. The Balaban J connectivity index is 1.26. The average Bonchev–Trinajstić information content (AvgIpc) is 3.57. The van der Waals surface area contributed by atoms with Crippen LogP contribution in [0.15, 0.2) is 79.0 Å². The van der Waals surface area contributed by atoms with Crippen LogP contribution < -0.4 is 10.1 Å². The number of nitrogens with zero attached hydrogens (tertiary/aromatic N) is 3. The van der Waals surface area contributed by atoms with Gasteiger partial charge in [-0.25, -0.2) is 9.37 Å². The lowest BCUT2D eigenvalue weighted by molar-refractivity contribution is 0.162. The number of benzene rings is 3. The van der Waals surface area contributed by atoms with Gasteiger partial charge in [0.1, 0.15) is 28.9 Å². The van der Waals surface area contributed by atoms with Crippen LogP contribution in [-0.2, 0) is 0 Å². The molecule has 1 aliphatic heterocycles. The first-order chi connectivity index (χ1) is 18.7. The van der Waals surface area contributed by atoms with Crippen LogP contribution in [-0.4, -0.2) is 44.3 Å². The maximum absolute atomic E-state index is 13.9. The van der Waals surface area contributed by atoms with E-state index in [1.54, 1.807) is 12.3 Å². The van der Waals surface area contributed by atoms with E-state index in [-0.39, 0.29) is 11.9 Å². The highest BCUT2D eigenvalue weighted by atomic mass is 19.1. The molecule has 0 bridgehead atoms. The Morgan fingerprint density at radius 3 is 2.55 bits per heavy atom. The molecule has 0 saturated carbocycles. The Morgan fingerprint density at radius 2 is 1.66 bits per heavy atom. The van der Waals surface area contributed by atoms with Gasteiger partial charge >= 0.3 is 0 Å². The molecule has 0 spiro atoms. The lowest BCUT2D eigenvalue weighted by Crippen LogP contribution is -2.34. The van der Waals surface area contributed by atoms with Gasteiger partial charge in [-0.15, -0.1) is 0 Å². The molecular formula is C30H25FN6O. The number of aromatic amines is 2. The second-order valence-corrected chi connectivity index (χ2v) is 9.58. The van der Waals surface area contributed by atoms with Crippen molar-refractivity contribution in [1.82, 2.24) is 30.5 Å². The molecule has 8 heteroatoms. The van der Waals surface area contributed by atoms with E-state index in [1.807, 2.05) is 30.3 Å². The standard InChI is InChI=1S/C30H25FN6O/c31-21-5-1-4-20(15-21)27-29-26(11-14-33-27)34-30(35-29)28-24-17-19(7-8-25(24)36-37-28)18-3-2-6-23(16-18)38-22-9-12-32-13-10-22/h1-8,11,14-17,22,32H,9-10,12-13H2,(H,34,35)(H,36,37). The first-order valence-electron chi connectivity index (χ1n) is 12.8. The Bertz CT molecular complexity index is 1770. The van der Waals surface area contributed by atoms with Crippen molar-refractivity contribution in [3.8, 4) is 39.7 Å². The Labute approximate surface area is 218 Å². The second-order valence-electron chi connectivity index (χ2n) is 9.58. The molecular weight excluding hydrogens is 479 g/mol. The van der Waals surface area contributed by atoms with Gasteiger partial charge in [-0.2, -0.15) is 5.10 Å². The molecule has 4 heterocycles. The summed E-state index contributed by atoms with van der Waals surface area (Å²) in [5.74, 6) is 1.20. The number of imidazole rings is 1. The van der Waals surface area contributed by atoms with Gasteiger partial charge in [0.2, 0.25) is 0 Å². The number of pyridine rings is 1. The number of aromatic nitrogens is 5. The van der Waals surface area contributed by atoms with Crippen molar-refractivity contribution >= 4 is 21.9 Å². The molecule has 7 nitrogen and oxygen atoms in total. The molecule has 3 N–H and O–H groups in total. The predicted octanol–water partition coefficient (Wildman–Crippen LogP) is 6.11. The fourth-order valence-corrected chi connectivity index (χ4v) is 5.12. The van der Waals surface area contributed by atoms with Crippen LogP contribution in [0.2, 0.25) is 0 Å². The number of halogens is 1. The maximum atomic E-state index is 13.9. The Kier molecular flexibility index (Phi) is 5.59. The van der Waals surface area contributed by atoms with Crippen LogP contribution in [0, 0.1) is 5.82 Å². The van der Waals surface area contributed by atoms with Crippen molar-refractivity contribution in [1.29, 1.82) is 0 Å². The molecule has 1 aliphatic rings. The third kappa shape index (κ3) is 4.18. The van der Waals surface area contributed by atoms with E-state index >= 15 is 0 Å². The van der Waals surface area contributed by atoms with Gasteiger partial charge < -0.3 is 15.0 Å². The zero-order chi connectivity index (χ0) is 25.5.